The lowest BCUT2D eigenvalue weighted by Gasteiger charge is -2.09. The van der Waals surface area contributed by atoms with Gasteiger partial charge >= 0.3 is 6.18 Å². The maximum atomic E-state index is 12.3. The summed E-state index contributed by atoms with van der Waals surface area (Å²) in [4.78, 5) is 0. The van der Waals surface area contributed by atoms with Crippen LogP contribution in [0.5, 0.6) is 0 Å². The van der Waals surface area contributed by atoms with Crippen LogP contribution in [0.3, 0.4) is 0 Å². The Hall–Kier alpha value is -1.19. The van der Waals surface area contributed by atoms with Crippen LogP contribution in [0.4, 0.5) is 18.9 Å². The van der Waals surface area contributed by atoms with Crippen LogP contribution in [0.2, 0.25) is 0 Å². The quantitative estimate of drug-likeness (QED) is 0.733. The second kappa shape index (κ2) is 3.90. The molecule has 0 aliphatic rings. The predicted octanol–water partition coefficient (Wildman–Crippen LogP) is 3.24. The van der Waals surface area contributed by atoms with Crippen molar-refractivity contribution < 1.29 is 13.2 Å². The number of hydrogen-bond acceptors (Lipinski definition) is 1. The Kier molecular flexibility index (Phi) is 3.03. The fourth-order valence-corrected chi connectivity index (χ4v) is 1.32. The highest BCUT2D eigenvalue weighted by atomic mass is 19.4. The maximum Gasteiger partial charge on any atom is 0.416 e. The van der Waals surface area contributed by atoms with Gasteiger partial charge in [0, 0.05) is 5.69 Å². The van der Waals surface area contributed by atoms with Crippen LogP contribution in [0, 0.1) is 0 Å². The summed E-state index contributed by atoms with van der Waals surface area (Å²) in [5.74, 6) is 0. The SMILES string of the molecule is CCCc1cc(N)cc(C(F)(F)F)c1. The minimum atomic E-state index is -4.31. The fourth-order valence-electron chi connectivity index (χ4n) is 1.32. The van der Waals surface area contributed by atoms with Crippen molar-refractivity contribution in [2.75, 3.05) is 5.73 Å². The van der Waals surface area contributed by atoms with Crippen molar-refractivity contribution >= 4 is 5.69 Å². The van der Waals surface area contributed by atoms with Gasteiger partial charge in [-0.05, 0) is 30.2 Å². The van der Waals surface area contributed by atoms with Crippen LogP contribution in [-0.4, -0.2) is 0 Å². The minimum absolute atomic E-state index is 0.170. The molecule has 0 radical (unpaired) electrons. The third kappa shape index (κ3) is 2.65. The Morgan fingerprint density at radius 2 is 1.86 bits per heavy atom. The van der Waals surface area contributed by atoms with E-state index in [2.05, 4.69) is 0 Å². The van der Waals surface area contributed by atoms with Crippen LogP contribution in [0.25, 0.3) is 0 Å². The van der Waals surface area contributed by atoms with Crippen LogP contribution >= 0.6 is 0 Å². The summed E-state index contributed by atoms with van der Waals surface area (Å²) in [6.45, 7) is 1.91. The molecule has 0 aliphatic carbocycles. The Labute approximate surface area is 80.7 Å². The average Bonchev–Trinajstić information content (AvgIpc) is 2.02. The standard InChI is InChI=1S/C10H12F3N/c1-2-3-7-4-8(10(11,12)13)6-9(14)5-7/h4-6H,2-3,14H2,1H3. The molecule has 0 aliphatic heterocycles. The molecule has 78 valence electrons. The molecule has 0 aromatic heterocycles. The van der Waals surface area contributed by atoms with E-state index in [1.54, 1.807) is 6.07 Å². The third-order valence-corrected chi connectivity index (χ3v) is 1.88. The normalized spacial score (nSPS) is 11.7. The highest BCUT2D eigenvalue weighted by Crippen LogP contribution is 2.31. The highest BCUT2D eigenvalue weighted by molar-refractivity contribution is 5.45. The van der Waals surface area contributed by atoms with Gasteiger partial charge in [-0.25, -0.2) is 0 Å². The molecule has 1 aromatic rings. The van der Waals surface area contributed by atoms with Gasteiger partial charge in [-0.3, -0.25) is 0 Å². The van der Waals surface area contributed by atoms with E-state index in [0.29, 0.717) is 12.0 Å². The number of nitrogen functional groups attached to an aromatic ring is 1. The van der Waals surface area contributed by atoms with Gasteiger partial charge in [0.2, 0.25) is 0 Å². The Morgan fingerprint density at radius 1 is 1.21 bits per heavy atom. The number of rotatable bonds is 2. The predicted molar refractivity (Wildman–Crippen MR) is 49.9 cm³/mol. The van der Waals surface area contributed by atoms with Gasteiger partial charge < -0.3 is 5.73 Å². The molecule has 4 heteroatoms. The molecule has 1 nitrogen and oxygen atoms in total. The van der Waals surface area contributed by atoms with Gasteiger partial charge in [0.15, 0.2) is 0 Å². The van der Waals surface area contributed by atoms with Crippen molar-refractivity contribution in [3.05, 3.63) is 29.3 Å². The van der Waals surface area contributed by atoms with Crippen molar-refractivity contribution in [2.45, 2.75) is 25.9 Å². The van der Waals surface area contributed by atoms with Gasteiger partial charge in [-0.2, -0.15) is 13.2 Å². The first-order valence-electron chi connectivity index (χ1n) is 4.40. The van der Waals surface area contributed by atoms with Crippen LogP contribution < -0.4 is 5.73 Å². The number of benzene rings is 1. The second-order valence-corrected chi connectivity index (χ2v) is 3.21. The van der Waals surface area contributed by atoms with Gasteiger partial charge in [0.05, 0.1) is 5.56 Å². The number of alkyl halides is 3. The zero-order valence-corrected chi connectivity index (χ0v) is 7.86. The van der Waals surface area contributed by atoms with Crippen LogP contribution in [0.1, 0.15) is 24.5 Å². The molecular formula is C10H12F3N. The van der Waals surface area contributed by atoms with E-state index in [1.165, 1.54) is 0 Å². The first-order chi connectivity index (χ1) is 6.43. The first kappa shape index (κ1) is 10.9. The molecule has 2 N–H and O–H groups in total. The Bertz CT molecular complexity index is 318. The van der Waals surface area contributed by atoms with Crippen molar-refractivity contribution in [2.24, 2.45) is 0 Å². The molecule has 1 rings (SSSR count). The lowest BCUT2D eigenvalue weighted by atomic mass is 10.1. The lowest BCUT2D eigenvalue weighted by molar-refractivity contribution is -0.137. The molecule has 0 heterocycles. The molecule has 0 unspecified atom stereocenters. The van der Waals surface area contributed by atoms with Gasteiger partial charge in [-0.1, -0.05) is 13.3 Å². The summed E-state index contributed by atoms with van der Waals surface area (Å²) < 4.78 is 37.0. The van der Waals surface area contributed by atoms with Crippen molar-refractivity contribution in [1.82, 2.24) is 0 Å². The minimum Gasteiger partial charge on any atom is -0.399 e. The highest BCUT2D eigenvalue weighted by Gasteiger charge is 2.30. The average molecular weight is 203 g/mol. The summed E-state index contributed by atoms with van der Waals surface area (Å²) in [6, 6.07) is 3.69. The number of anilines is 1. The summed E-state index contributed by atoms with van der Waals surface area (Å²) in [5.41, 5.74) is 5.53. The van der Waals surface area contributed by atoms with Gasteiger partial charge in [0.1, 0.15) is 0 Å². The van der Waals surface area contributed by atoms with Crippen molar-refractivity contribution in [1.29, 1.82) is 0 Å². The molecule has 14 heavy (non-hydrogen) atoms. The number of aryl methyl sites for hydroxylation is 1. The largest absolute Gasteiger partial charge is 0.416 e. The molecule has 0 amide bonds. The van der Waals surface area contributed by atoms with E-state index in [4.69, 9.17) is 5.73 Å². The van der Waals surface area contributed by atoms with E-state index in [-0.39, 0.29) is 5.69 Å². The van der Waals surface area contributed by atoms with E-state index in [0.717, 1.165) is 18.6 Å². The van der Waals surface area contributed by atoms with Crippen molar-refractivity contribution in [3.8, 4) is 0 Å². The molecule has 0 fully saturated rings. The van der Waals surface area contributed by atoms with Gasteiger partial charge in [0.25, 0.3) is 0 Å². The Balaban J connectivity index is 3.07. The lowest BCUT2D eigenvalue weighted by Crippen LogP contribution is -2.06. The molecule has 0 saturated carbocycles. The van der Waals surface area contributed by atoms with Crippen LogP contribution in [0.15, 0.2) is 18.2 Å². The second-order valence-electron chi connectivity index (χ2n) is 3.21. The van der Waals surface area contributed by atoms with Crippen LogP contribution in [-0.2, 0) is 12.6 Å². The van der Waals surface area contributed by atoms with E-state index < -0.39 is 11.7 Å². The fraction of sp³-hybridized carbons (Fsp3) is 0.400. The molecule has 0 bridgehead atoms. The number of halogens is 3. The van der Waals surface area contributed by atoms with Crippen molar-refractivity contribution in [3.63, 3.8) is 0 Å². The summed E-state index contributed by atoms with van der Waals surface area (Å²) in [6.07, 6.45) is -2.88. The molecule has 0 spiro atoms. The molecule has 1 aromatic carbocycles. The monoisotopic (exact) mass is 203 g/mol. The smallest absolute Gasteiger partial charge is 0.399 e. The zero-order valence-electron chi connectivity index (χ0n) is 7.86. The van der Waals surface area contributed by atoms with E-state index >= 15 is 0 Å². The van der Waals surface area contributed by atoms with E-state index in [9.17, 15) is 13.2 Å². The maximum absolute atomic E-state index is 12.3. The molecular weight excluding hydrogens is 191 g/mol. The van der Waals surface area contributed by atoms with Gasteiger partial charge in [-0.15, -0.1) is 0 Å². The zero-order chi connectivity index (χ0) is 10.8. The Morgan fingerprint density at radius 3 is 2.36 bits per heavy atom. The summed E-state index contributed by atoms with van der Waals surface area (Å²) >= 11 is 0. The molecule has 0 saturated heterocycles. The number of hydrogen-bond donors (Lipinski definition) is 1. The van der Waals surface area contributed by atoms with E-state index in [1.807, 2.05) is 6.92 Å². The molecule has 0 atom stereocenters. The summed E-state index contributed by atoms with van der Waals surface area (Å²) in [5, 5.41) is 0. The summed E-state index contributed by atoms with van der Waals surface area (Å²) in [7, 11) is 0. The number of nitrogens with two attached hydrogens (primary N) is 1. The topological polar surface area (TPSA) is 26.0 Å². The first-order valence-corrected chi connectivity index (χ1v) is 4.40. The third-order valence-electron chi connectivity index (χ3n) is 1.88.